The number of aromatic nitrogens is 1. The Morgan fingerprint density at radius 1 is 0.652 bits per heavy atom. The van der Waals surface area contributed by atoms with E-state index >= 15 is 0 Å². The molecule has 0 N–H and O–H groups in total. The van der Waals surface area contributed by atoms with Crippen LogP contribution in [0.25, 0.3) is 38.6 Å². The normalized spacial score (nSPS) is 17.6. The van der Waals surface area contributed by atoms with Crippen LogP contribution in [0.5, 0.6) is 0 Å². The summed E-state index contributed by atoms with van der Waals surface area (Å²) in [6.07, 6.45) is 9.23. The average molecular weight is 589 g/mol. The number of rotatable bonds is 3. The molecule has 0 amide bonds. The van der Waals surface area contributed by atoms with E-state index in [1.54, 1.807) is 0 Å². The van der Waals surface area contributed by atoms with E-state index in [0.29, 0.717) is 0 Å². The Morgan fingerprint density at radius 2 is 1.37 bits per heavy atom. The van der Waals surface area contributed by atoms with E-state index in [9.17, 15) is 0 Å². The molecule has 0 saturated carbocycles. The van der Waals surface area contributed by atoms with Crippen molar-refractivity contribution in [1.29, 1.82) is 0 Å². The molecule has 2 nitrogen and oxygen atoms in total. The Labute approximate surface area is 270 Å². The van der Waals surface area contributed by atoms with E-state index in [2.05, 4.69) is 163 Å². The van der Waals surface area contributed by atoms with Crippen molar-refractivity contribution in [3.63, 3.8) is 0 Å². The molecule has 46 heavy (non-hydrogen) atoms. The third-order valence-corrected chi connectivity index (χ3v) is 10.8. The molecule has 0 atom stereocenters. The second-order valence-corrected chi connectivity index (χ2v) is 13.6. The smallest absolute Gasteiger partial charge is 0.248 e. The maximum absolute atomic E-state index is 2.65. The summed E-state index contributed by atoms with van der Waals surface area (Å²) >= 11 is 0. The fourth-order valence-electron chi connectivity index (χ4n) is 9.07. The number of allylic oxidation sites excluding steroid dienone is 7. The molecule has 1 aromatic heterocycles. The van der Waals surface area contributed by atoms with Gasteiger partial charge in [-0.1, -0.05) is 135 Å². The van der Waals surface area contributed by atoms with Gasteiger partial charge < -0.3 is 9.47 Å². The quantitative estimate of drug-likeness (QED) is 0.187. The van der Waals surface area contributed by atoms with Gasteiger partial charge in [0.15, 0.2) is 0 Å². The third kappa shape index (κ3) is 3.27. The zero-order valence-corrected chi connectivity index (χ0v) is 26.2. The minimum atomic E-state index is -0.242. The van der Waals surface area contributed by atoms with Crippen LogP contribution in [0.1, 0.15) is 37.8 Å². The van der Waals surface area contributed by atoms with Gasteiger partial charge in [0.2, 0.25) is 6.71 Å². The van der Waals surface area contributed by atoms with Crippen LogP contribution >= 0.6 is 0 Å². The van der Waals surface area contributed by atoms with Gasteiger partial charge in [0.1, 0.15) is 0 Å². The van der Waals surface area contributed by atoms with Crippen molar-refractivity contribution in [2.45, 2.75) is 26.7 Å². The van der Waals surface area contributed by atoms with Gasteiger partial charge in [0.05, 0.1) is 11.0 Å². The molecule has 0 fully saturated rings. The Bertz CT molecular complexity index is 2380. The summed E-state index contributed by atoms with van der Waals surface area (Å²) in [7, 11) is 0. The summed E-state index contributed by atoms with van der Waals surface area (Å²) < 4.78 is 2.65. The number of fused-ring (bicyclic) bond motifs is 7. The van der Waals surface area contributed by atoms with E-state index in [1.807, 2.05) is 0 Å². The predicted molar refractivity (Wildman–Crippen MR) is 196 cm³/mol. The molecule has 5 aromatic carbocycles. The number of anilines is 2. The average Bonchev–Trinajstić information content (AvgIpc) is 3.57. The van der Waals surface area contributed by atoms with Crippen LogP contribution in [-0.4, -0.2) is 11.3 Å². The highest BCUT2D eigenvalue weighted by molar-refractivity contribution is 6.97. The number of benzene rings is 5. The molecule has 4 aliphatic rings. The summed E-state index contributed by atoms with van der Waals surface area (Å²) in [5.41, 5.74) is 17.2. The summed E-state index contributed by atoms with van der Waals surface area (Å²) in [6.45, 7) is 5.07. The summed E-state index contributed by atoms with van der Waals surface area (Å²) in [5, 5.41) is 2.64. The first-order valence-corrected chi connectivity index (χ1v) is 16.6. The Morgan fingerprint density at radius 3 is 2.15 bits per heavy atom. The van der Waals surface area contributed by atoms with E-state index in [0.717, 1.165) is 12.8 Å². The van der Waals surface area contributed by atoms with E-state index < -0.39 is 0 Å². The molecular formula is C43H33BN2. The molecule has 0 spiro atoms. The van der Waals surface area contributed by atoms with Gasteiger partial charge in [-0.3, -0.25) is 0 Å². The molecule has 2 aliphatic carbocycles. The van der Waals surface area contributed by atoms with Crippen molar-refractivity contribution in [3.05, 3.63) is 162 Å². The second-order valence-electron chi connectivity index (χ2n) is 13.6. The van der Waals surface area contributed by atoms with Crippen LogP contribution in [0, 0.1) is 5.41 Å². The highest BCUT2D eigenvalue weighted by Crippen LogP contribution is 2.60. The number of hydrogen-bond donors (Lipinski definition) is 0. The van der Waals surface area contributed by atoms with Crippen molar-refractivity contribution in [2.75, 3.05) is 4.90 Å². The molecule has 0 radical (unpaired) electrons. The molecule has 3 heterocycles. The summed E-state index contributed by atoms with van der Waals surface area (Å²) in [6, 6.07) is 45.2. The lowest BCUT2D eigenvalue weighted by Gasteiger charge is -2.43. The van der Waals surface area contributed by atoms with Crippen LogP contribution < -0.4 is 15.8 Å². The van der Waals surface area contributed by atoms with Gasteiger partial charge in [-0.2, -0.15) is 0 Å². The standard InChI is InChI=1S/C43H33BN2/c1-43(2)38(29-18-8-4-9-19-29)37(28-16-6-3-7-17-28)41-42(43)44-33-23-13-15-25-35(33)45(30-20-10-5-11-21-30)36-27-26-32-31-22-12-14-24-34(31)46(41)40(32)39(36)44/h3-4,6-10,12-27H,5,11H2,1-2H3. The highest BCUT2D eigenvalue weighted by Gasteiger charge is 2.52. The van der Waals surface area contributed by atoms with Gasteiger partial charge in [0, 0.05) is 44.5 Å². The molecular weight excluding hydrogens is 555 g/mol. The Kier molecular flexibility index (Phi) is 5.30. The van der Waals surface area contributed by atoms with E-state index in [4.69, 9.17) is 0 Å². The van der Waals surface area contributed by atoms with Gasteiger partial charge in [-0.05, 0) is 64.7 Å². The van der Waals surface area contributed by atoms with Crippen LogP contribution in [0.3, 0.4) is 0 Å². The predicted octanol–water partition coefficient (Wildman–Crippen LogP) is 9.50. The van der Waals surface area contributed by atoms with Crippen LogP contribution in [-0.2, 0) is 0 Å². The molecule has 10 rings (SSSR count). The molecule has 2 aliphatic heterocycles. The topological polar surface area (TPSA) is 8.17 Å². The fraction of sp³-hybridized carbons (Fsp3) is 0.116. The minimum Gasteiger partial charge on any atom is -0.312 e. The largest absolute Gasteiger partial charge is 0.312 e. The first-order chi connectivity index (χ1) is 22.6. The van der Waals surface area contributed by atoms with Crippen molar-refractivity contribution < 1.29 is 0 Å². The first kappa shape index (κ1) is 26.0. The summed E-state index contributed by atoms with van der Waals surface area (Å²) in [5.74, 6) is 0. The lowest BCUT2D eigenvalue weighted by atomic mass is 9.30. The van der Waals surface area contributed by atoms with Crippen LogP contribution in [0.2, 0.25) is 0 Å². The maximum atomic E-state index is 2.65. The minimum absolute atomic E-state index is 0.126. The van der Waals surface area contributed by atoms with Crippen molar-refractivity contribution in [3.8, 4) is 0 Å². The zero-order valence-electron chi connectivity index (χ0n) is 26.2. The SMILES string of the molecule is CC1(C)C2=C(C(c3ccccc3)=C1c1ccccc1)n1c3ccccc3c3ccc4c(c31)B2c1ccccc1N4C1=CCCC=C1. The van der Waals surface area contributed by atoms with Crippen molar-refractivity contribution >= 4 is 67.7 Å². The third-order valence-electron chi connectivity index (χ3n) is 10.8. The van der Waals surface area contributed by atoms with Crippen LogP contribution in [0.4, 0.5) is 11.4 Å². The fourth-order valence-corrected chi connectivity index (χ4v) is 9.07. The Hall–Kier alpha value is -5.28. The molecule has 0 saturated heterocycles. The second kappa shape index (κ2) is 9.37. The molecule has 0 bridgehead atoms. The molecule has 6 aromatic rings. The van der Waals surface area contributed by atoms with Crippen molar-refractivity contribution in [1.82, 2.24) is 4.57 Å². The van der Waals surface area contributed by atoms with Crippen molar-refractivity contribution in [2.24, 2.45) is 5.41 Å². The zero-order chi connectivity index (χ0) is 30.6. The monoisotopic (exact) mass is 588 g/mol. The lowest BCUT2D eigenvalue weighted by molar-refractivity contribution is 0.641. The van der Waals surface area contributed by atoms with Gasteiger partial charge in [-0.15, -0.1) is 0 Å². The summed E-state index contributed by atoms with van der Waals surface area (Å²) in [4.78, 5) is 2.54. The van der Waals surface area contributed by atoms with Gasteiger partial charge >= 0.3 is 0 Å². The first-order valence-electron chi connectivity index (χ1n) is 16.6. The number of para-hydroxylation sites is 2. The van der Waals surface area contributed by atoms with Gasteiger partial charge in [0.25, 0.3) is 0 Å². The maximum Gasteiger partial charge on any atom is 0.248 e. The van der Waals surface area contributed by atoms with E-state index in [-0.39, 0.29) is 12.1 Å². The molecule has 0 unspecified atom stereocenters. The lowest BCUT2D eigenvalue weighted by Crippen LogP contribution is -2.56. The van der Waals surface area contributed by atoms with Gasteiger partial charge in [-0.25, -0.2) is 0 Å². The Balaban J connectivity index is 1.40. The number of nitrogens with zero attached hydrogens (tertiary/aromatic N) is 2. The number of hydrogen-bond acceptors (Lipinski definition) is 1. The van der Waals surface area contributed by atoms with Crippen LogP contribution in [0.15, 0.2) is 151 Å². The molecule has 218 valence electrons. The van der Waals surface area contributed by atoms with E-state index in [1.165, 1.54) is 83.2 Å². The highest BCUT2D eigenvalue weighted by atomic mass is 15.2. The molecule has 3 heteroatoms.